The quantitative estimate of drug-likeness (QED) is 0.633. The number of para-hydroxylation sites is 1. The van der Waals surface area contributed by atoms with Crippen LogP contribution in [0.1, 0.15) is 0 Å². The van der Waals surface area contributed by atoms with Crippen LogP contribution in [-0.2, 0) is 9.59 Å². The molecule has 0 unspecified atom stereocenters. The Morgan fingerprint density at radius 1 is 1.31 bits per heavy atom. The molecule has 0 atom stereocenters. The van der Waals surface area contributed by atoms with E-state index in [0.29, 0.717) is 5.69 Å². The summed E-state index contributed by atoms with van der Waals surface area (Å²) in [5, 5.41) is 2.42. The van der Waals surface area contributed by atoms with Crippen molar-refractivity contribution in [1.29, 1.82) is 0 Å². The lowest BCUT2D eigenvalue weighted by atomic mass is 10.3. The van der Waals surface area contributed by atoms with E-state index in [9.17, 15) is 9.59 Å². The molecule has 0 radical (unpaired) electrons. The monoisotopic (exact) mass is 240 g/mol. The van der Waals surface area contributed by atoms with E-state index < -0.39 is 11.8 Å². The summed E-state index contributed by atoms with van der Waals surface area (Å²) in [5.41, 5.74) is 0.675. The van der Waals surface area contributed by atoms with Gasteiger partial charge in [-0.25, -0.2) is 0 Å². The number of nitrogens with zero attached hydrogens (tertiary/aromatic N) is 1. The number of carbonyl (C=O) groups is 2. The lowest BCUT2D eigenvalue weighted by Gasteiger charge is -2.16. The number of likely N-dealkylation sites (N-methyl/N-ethyl adjacent to an activating group) is 1. The number of rotatable bonds is 3. The zero-order chi connectivity index (χ0) is 12.0. The normalized spacial score (nSPS) is 9.62. The van der Waals surface area contributed by atoms with Crippen LogP contribution in [0.3, 0.4) is 0 Å². The third kappa shape index (κ3) is 3.24. The van der Waals surface area contributed by atoms with Crippen molar-refractivity contribution in [2.24, 2.45) is 0 Å². The summed E-state index contributed by atoms with van der Waals surface area (Å²) in [5.74, 6) is -0.961. The van der Waals surface area contributed by atoms with Crippen molar-refractivity contribution in [3.63, 3.8) is 0 Å². The van der Waals surface area contributed by atoms with Gasteiger partial charge in [-0.3, -0.25) is 9.59 Å². The fraction of sp³-hybridized carbons (Fsp3) is 0.273. The van der Waals surface area contributed by atoms with Crippen molar-refractivity contribution in [2.75, 3.05) is 24.4 Å². The van der Waals surface area contributed by atoms with Crippen molar-refractivity contribution in [3.05, 3.63) is 30.3 Å². The van der Waals surface area contributed by atoms with Crippen LogP contribution in [0.15, 0.2) is 30.3 Å². The third-order valence-corrected chi connectivity index (χ3v) is 2.21. The maximum atomic E-state index is 11.6. The van der Waals surface area contributed by atoms with Gasteiger partial charge in [-0.15, -0.1) is 11.6 Å². The zero-order valence-electron chi connectivity index (χ0n) is 8.94. The van der Waals surface area contributed by atoms with Crippen molar-refractivity contribution >= 4 is 29.1 Å². The van der Waals surface area contributed by atoms with Gasteiger partial charge in [0.1, 0.15) is 0 Å². The molecule has 1 aromatic carbocycles. The van der Waals surface area contributed by atoms with E-state index in [2.05, 4.69) is 5.32 Å². The van der Waals surface area contributed by atoms with Gasteiger partial charge in [0.05, 0.1) is 0 Å². The number of benzene rings is 1. The second-order valence-electron chi connectivity index (χ2n) is 3.14. The summed E-state index contributed by atoms with van der Waals surface area (Å²) < 4.78 is 0. The molecule has 0 heterocycles. The van der Waals surface area contributed by atoms with Gasteiger partial charge < -0.3 is 10.2 Å². The zero-order valence-corrected chi connectivity index (χ0v) is 9.70. The number of hydrogen-bond acceptors (Lipinski definition) is 2. The molecule has 16 heavy (non-hydrogen) atoms. The molecule has 1 aromatic rings. The standard InChI is InChI=1S/C11H13ClN2O2/c1-14(9-5-3-2-4-6-9)11(16)10(15)13-8-7-12/h2-6H,7-8H2,1H3,(H,13,15). The molecular formula is C11H13ClN2O2. The SMILES string of the molecule is CN(C(=O)C(=O)NCCCl)c1ccccc1. The second kappa shape index (κ2) is 6.12. The maximum absolute atomic E-state index is 11.6. The minimum Gasteiger partial charge on any atom is -0.347 e. The fourth-order valence-electron chi connectivity index (χ4n) is 1.16. The summed E-state index contributed by atoms with van der Waals surface area (Å²) >= 11 is 5.41. The third-order valence-electron chi connectivity index (χ3n) is 2.02. The predicted molar refractivity (Wildman–Crippen MR) is 63.6 cm³/mol. The Hall–Kier alpha value is -1.55. The van der Waals surface area contributed by atoms with Crippen molar-refractivity contribution in [3.8, 4) is 0 Å². The number of nitrogens with one attached hydrogen (secondary N) is 1. The molecule has 1 N–H and O–H groups in total. The van der Waals surface area contributed by atoms with Crippen molar-refractivity contribution in [1.82, 2.24) is 5.32 Å². The molecule has 0 aliphatic rings. The van der Waals surface area contributed by atoms with E-state index >= 15 is 0 Å². The van der Waals surface area contributed by atoms with E-state index in [4.69, 9.17) is 11.6 Å². The van der Waals surface area contributed by atoms with Gasteiger partial charge in [-0.1, -0.05) is 18.2 Å². The Morgan fingerprint density at radius 2 is 1.94 bits per heavy atom. The predicted octanol–water partition coefficient (Wildman–Crippen LogP) is 1.00. The van der Waals surface area contributed by atoms with E-state index in [1.54, 1.807) is 31.3 Å². The highest BCUT2D eigenvalue weighted by atomic mass is 35.5. The number of anilines is 1. The fourth-order valence-corrected chi connectivity index (χ4v) is 1.25. The first-order valence-electron chi connectivity index (χ1n) is 4.83. The highest BCUT2D eigenvalue weighted by Crippen LogP contribution is 2.10. The number of hydrogen-bond donors (Lipinski definition) is 1. The molecule has 1 rings (SSSR count). The molecule has 86 valence electrons. The molecule has 0 fully saturated rings. The second-order valence-corrected chi connectivity index (χ2v) is 3.52. The minimum atomic E-state index is -0.646. The Labute approximate surface area is 99.2 Å². The molecule has 0 saturated heterocycles. The number of carbonyl (C=O) groups excluding carboxylic acids is 2. The topological polar surface area (TPSA) is 49.4 Å². The number of amides is 2. The van der Waals surface area contributed by atoms with Crippen LogP contribution in [0.25, 0.3) is 0 Å². The van der Waals surface area contributed by atoms with Crippen LogP contribution in [-0.4, -0.2) is 31.3 Å². The Bertz CT molecular complexity index is 368. The van der Waals surface area contributed by atoms with Crippen LogP contribution in [0.5, 0.6) is 0 Å². The number of halogens is 1. The average Bonchev–Trinajstić information content (AvgIpc) is 2.35. The van der Waals surface area contributed by atoms with Gasteiger partial charge in [0.25, 0.3) is 0 Å². The Kier molecular flexibility index (Phi) is 4.79. The Balaban J connectivity index is 2.64. The average molecular weight is 241 g/mol. The summed E-state index contributed by atoms with van der Waals surface area (Å²) in [4.78, 5) is 24.3. The molecule has 0 spiro atoms. The maximum Gasteiger partial charge on any atom is 0.316 e. The molecule has 0 aliphatic carbocycles. The highest BCUT2D eigenvalue weighted by molar-refractivity contribution is 6.40. The van der Waals surface area contributed by atoms with Gasteiger partial charge in [0, 0.05) is 25.2 Å². The van der Waals surface area contributed by atoms with E-state index in [-0.39, 0.29) is 12.4 Å². The van der Waals surface area contributed by atoms with Gasteiger partial charge in [-0.05, 0) is 12.1 Å². The minimum absolute atomic E-state index is 0.286. The van der Waals surface area contributed by atoms with Gasteiger partial charge in [-0.2, -0.15) is 0 Å². The summed E-state index contributed by atoms with van der Waals surface area (Å²) in [7, 11) is 1.55. The van der Waals surface area contributed by atoms with Gasteiger partial charge in [0.2, 0.25) is 0 Å². The van der Waals surface area contributed by atoms with E-state index in [1.807, 2.05) is 6.07 Å². The highest BCUT2D eigenvalue weighted by Gasteiger charge is 2.18. The molecule has 0 saturated carbocycles. The summed E-state index contributed by atoms with van der Waals surface area (Å²) in [6, 6.07) is 8.96. The van der Waals surface area contributed by atoms with Crippen LogP contribution < -0.4 is 10.2 Å². The van der Waals surface area contributed by atoms with Crippen LogP contribution in [0, 0.1) is 0 Å². The first kappa shape index (κ1) is 12.5. The van der Waals surface area contributed by atoms with Crippen LogP contribution in [0.4, 0.5) is 5.69 Å². The summed E-state index contributed by atoms with van der Waals surface area (Å²) in [6.07, 6.45) is 0. The molecule has 5 heteroatoms. The van der Waals surface area contributed by atoms with E-state index in [1.165, 1.54) is 4.90 Å². The molecule has 4 nitrogen and oxygen atoms in total. The molecule has 0 aromatic heterocycles. The first-order valence-corrected chi connectivity index (χ1v) is 5.37. The van der Waals surface area contributed by atoms with Crippen LogP contribution >= 0.6 is 11.6 Å². The molecule has 0 bridgehead atoms. The first-order chi connectivity index (χ1) is 7.66. The molecule has 2 amide bonds. The lowest BCUT2D eigenvalue weighted by Crippen LogP contribution is -2.41. The van der Waals surface area contributed by atoms with Crippen molar-refractivity contribution in [2.45, 2.75) is 0 Å². The Morgan fingerprint density at radius 3 is 2.50 bits per heavy atom. The summed E-state index contributed by atoms with van der Waals surface area (Å²) in [6.45, 7) is 0.286. The molecule has 0 aliphatic heterocycles. The number of alkyl halides is 1. The van der Waals surface area contributed by atoms with Crippen LogP contribution in [0.2, 0.25) is 0 Å². The van der Waals surface area contributed by atoms with E-state index in [0.717, 1.165) is 0 Å². The largest absolute Gasteiger partial charge is 0.347 e. The lowest BCUT2D eigenvalue weighted by molar-refractivity contribution is -0.137. The molecular weight excluding hydrogens is 228 g/mol. The van der Waals surface area contributed by atoms with Gasteiger partial charge >= 0.3 is 11.8 Å². The van der Waals surface area contributed by atoms with Crippen molar-refractivity contribution < 1.29 is 9.59 Å². The smallest absolute Gasteiger partial charge is 0.316 e. The van der Waals surface area contributed by atoms with Gasteiger partial charge in [0.15, 0.2) is 0 Å².